The lowest BCUT2D eigenvalue weighted by Crippen LogP contribution is -2.29. The number of rotatable bonds is 2. The van der Waals surface area contributed by atoms with Gasteiger partial charge in [-0.1, -0.05) is 12.1 Å². The van der Waals surface area contributed by atoms with Crippen LogP contribution in [-0.4, -0.2) is 16.9 Å². The van der Waals surface area contributed by atoms with Crippen molar-refractivity contribution in [3.8, 4) is 5.75 Å². The van der Waals surface area contributed by atoms with Crippen LogP contribution in [0.5, 0.6) is 5.75 Å². The van der Waals surface area contributed by atoms with Gasteiger partial charge in [0.2, 0.25) is 0 Å². The second-order valence-electron chi connectivity index (χ2n) is 4.06. The smallest absolute Gasteiger partial charge is 0.314 e. The van der Waals surface area contributed by atoms with Gasteiger partial charge < -0.3 is 15.7 Å². The molecule has 0 aromatic heterocycles. The van der Waals surface area contributed by atoms with Gasteiger partial charge in [-0.05, 0) is 24.3 Å². The normalized spacial score (nSPS) is 10.0. The Hall–Kier alpha value is -2.96. The summed E-state index contributed by atoms with van der Waals surface area (Å²) in [4.78, 5) is 23.2. The number of hydrogen-bond acceptors (Lipinski definition) is 3. The SMILES string of the molecule is O=C(Nc1cccc(O)c1)C(=O)Nc1c(F)cccc1F. The molecule has 0 bridgehead atoms. The van der Waals surface area contributed by atoms with E-state index in [9.17, 15) is 23.5 Å². The van der Waals surface area contributed by atoms with E-state index in [1.165, 1.54) is 24.3 Å². The van der Waals surface area contributed by atoms with Crippen LogP contribution in [0.2, 0.25) is 0 Å². The predicted molar refractivity (Wildman–Crippen MR) is 71.7 cm³/mol. The van der Waals surface area contributed by atoms with E-state index >= 15 is 0 Å². The average Bonchev–Trinajstić information content (AvgIpc) is 2.43. The summed E-state index contributed by atoms with van der Waals surface area (Å²) in [5, 5.41) is 13.3. The van der Waals surface area contributed by atoms with Crippen molar-refractivity contribution in [2.75, 3.05) is 10.6 Å². The average molecular weight is 292 g/mol. The van der Waals surface area contributed by atoms with E-state index in [-0.39, 0.29) is 11.4 Å². The number of aromatic hydroxyl groups is 1. The fourth-order valence-corrected chi connectivity index (χ4v) is 1.56. The fourth-order valence-electron chi connectivity index (χ4n) is 1.56. The Morgan fingerprint density at radius 1 is 0.905 bits per heavy atom. The summed E-state index contributed by atoms with van der Waals surface area (Å²) < 4.78 is 26.7. The molecular weight excluding hydrogens is 282 g/mol. The van der Waals surface area contributed by atoms with E-state index in [4.69, 9.17) is 0 Å². The van der Waals surface area contributed by atoms with E-state index in [2.05, 4.69) is 5.32 Å². The molecule has 2 rings (SSSR count). The summed E-state index contributed by atoms with van der Waals surface area (Å²) >= 11 is 0. The summed E-state index contributed by atoms with van der Waals surface area (Å²) in [6.07, 6.45) is 0. The van der Waals surface area contributed by atoms with Gasteiger partial charge in [0.1, 0.15) is 23.1 Å². The second-order valence-corrected chi connectivity index (χ2v) is 4.06. The highest BCUT2D eigenvalue weighted by Crippen LogP contribution is 2.18. The summed E-state index contributed by atoms with van der Waals surface area (Å²) in [5.41, 5.74) is -0.530. The molecule has 0 aliphatic heterocycles. The van der Waals surface area contributed by atoms with E-state index in [1.807, 2.05) is 5.32 Å². The van der Waals surface area contributed by atoms with Crippen molar-refractivity contribution in [3.05, 3.63) is 54.1 Å². The Balaban J connectivity index is 2.08. The number of amides is 2. The number of benzene rings is 2. The van der Waals surface area contributed by atoms with Crippen molar-refractivity contribution >= 4 is 23.2 Å². The van der Waals surface area contributed by atoms with Crippen molar-refractivity contribution in [1.29, 1.82) is 0 Å². The Morgan fingerprint density at radius 3 is 2.10 bits per heavy atom. The lowest BCUT2D eigenvalue weighted by molar-refractivity contribution is -0.133. The first-order valence-electron chi connectivity index (χ1n) is 5.83. The minimum Gasteiger partial charge on any atom is -0.508 e. The van der Waals surface area contributed by atoms with Gasteiger partial charge in [0.15, 0.2) is 0 Å². The minimum absolute atomic E-state index is 0.103. The molecule has 0 aliphatic rings. The number of halogens is 2. The maximum Gasteiger partial charge on any atom is 0.314 e. The number of phenolic OH excluding ortho intramolecular Hbond substituents is 1. The molecule has 2 aromatic carbocycles. The van der Waals surface area contributed by atoms with E-state index in [0.29, 0.717) is 0 Å². The predicted octanol–water partition coefficient (Wildman–Crippen LogP) is 2.25. The minimum atomic E-state index is -1.23. The molecule has 0 heterocycles. The van der Waals surface area contributed by atoms with Crippen molar-refractivity contribution in [2.45, 2.75) is 0 Å². The molecule has 3 N–H and O–H groups in total. The lowest BCUT2D eigenvalue weighted by atomic mass is 10.2. The third kappa shape index (κ3) is 3.53. The van der Waals surface area contributed by atoms with Crippen LogP contribution in [0.4, 0.5) is 20.2 Å². The number of carbonyl (C=O) groups is 2. The highest BCUT2D eigenvalue weighted by atomic mass is 19.1. The van der Waals surface area contributed by atoms with Crippen LogP contribution in [-0.2, 0) is 9.59 Å². The van der Waals surface area contributed by atoms with Gasteiger partial charge in [0, 0.05) is 11.8 Å². The second kappa shape index (κ2) is 6.00. The van der Waals surface area contributed by atoms with Crippen molar-refractivity contribution < 1.29 is 23.5 Å². The molecule has 0 radical (unpaired) electrons. The Morgan fingerprint density at radius 2 is 1.48 bits per heavy atom. The highest BCUT2D eigenvalue weighted by molar-refractivity contribution is 6.43. The van der Waals surface area contributed by atoms with Gasteiger partial charge in [-0.15, -0.1) is 0 Å². The number of phenols is 1. The highest BCUT2D eigenvalue weighted by Gasteiger charge is 2.18. The maximum absolute atomic E-state index is 13.3. The maximum atomic E-state index is 13.3. The van der Waals surface area contributed by atoms with Crippen LogP contribution < -0.4 is 10.6 Å². The molecular formula is C14H10F2N2O3. The fraction of sp³-hybridized carbons (Fsp3) is 0. The van der Waals surface area contributed by atoms with E-state index < -0.39 is 29.1 Å². The van der Waals surface area contributed by atoms with Crippen LogP contribution in [0.3, 0.4) is 0 Å². The summed E-state index contributed by atoms with van der Waals surface area (Å²) in [5.74, 6) is -4.44. The molecule has 21 heavy (non-hydrogen) atoms. The zero-order valence-electron chi connectivity index (χ0n) is 10.6. The molecule has 0 aliphatic carbocycles. The van der Waals surface area contributed by atoms with Crippen molar-refractivity contribution in [1.82, 2.24) is 0 Å². The van der Waals surface area contributed by atoms with Crippen LogP contribution in [0, 0.1) is 11.6 Å². The van der Waals surface area contributed by atoms with Crippen LogP contribution in [0.25, 0.3) is 0 Å². The molecule has 0 saturated carbocycles. The van der Waals surface area contributed by atoms with Gasteiger partial charge in [0.25, 0.3) is 0 Å². The molecule has 0 saturated heterocycles. The lowest BCUT2D eigenvalue weighted by Gasteiger charge is -2.08. The van der Waals surface area contributed by atoms with E-state index in [0.717, 1.165) is 18.2 Å². The van der Waals surface area contributed by atoms with Gasteiger partial charge in [0.05, 0.1) is 0 Å². The standard InChI is InChI=1S/C14H10F2N2O3/c15-10-5-2-6-11(16)12(10)18-14(21)13(20)17-8-3-1-4-9(19)7-8/h1-7,19H,(H,17,20)(H,18,21). The molecule has 0 unspecified atom stereocenters. The molecule has 0 fully saturated rings. The quantitative estimate of drug-likeness (QED) is 0.743. The van der Waals surface area contributed by atoms with Crippen molar-refractivity contribution in [3.63, 3.8) is 0 Å². The number of nitrogens with one attached hydrogen (secondary N) is 2. The largest absolute Gasteiger partial charge is 0.508 e. The molecule has 2 amide bonds. The number of para-hydroxylation sites is 1. The first-order chi connectivity index (χ1) is 9.97. The summed E-state index contributed by atoms with van der Waals surface area (Å²) in [6.45, 7) is 0. The molecule has 5 nitrogen and oxygen atoms in total. The number of hydrogen-bond donors (Lipinski definition) is 3. The summed E-state index contributed by atoms with van der Waals surface area (Å²) in [6, 6.07) is 8.53. The monoisotopic (exact) mass is 292 g/mol. The molecule has 0 atom stereocenters. The molecule has 7 heteroatoms. The van der Waals surface area contributed by atoms with Gasteiger partial charge in [-0.2, -0.15) is 0 Å². The topological polar surface area (TPSA) is 78.4 Å². The Kier molecular flexibility index (Phi) is 4.13. The van der Waals surface area contributed by atoms with Crippen LogP contribution in [0.15, 0.2) is 42.5 Å². The molecule has 108 valence electrons. The zero-order chi connectivity index (χ0) is 15.4. The van der Waals surface area contributed by atoms with Crippen LogP contribution in [0.1, 0.15) is 0 Å². The first kappa shape index (κ1) is 14.4. The number of carbonyl (C=O) groups excluding carboxylic acids is 2. The third-order valence-corrected chi connectivity index (χ3v) is 2.51. The van der Waals surface area contributed by atoms with Gasteiger partial charge in [-0.3, -0.25) is 9.59 Å². The Bertz CT molecular complexity index is 684. The number of anilines is 2. The molecule has 0 spiro atoms. The van der Waals surface area contributed by atoms with Gasteiger partial charge in [-0.25, -0.2) is 8.78 Å². The zero-order valence-corrected chi connectivity index (χ0v) is 10.6. The van der Waals surface area contributed by atoms with E-state index in [1.54, 1.807) is 0 Å². The summed E-state index contributed by atoms with van der Waals surface area (Å²) in [7, 11) is 0. The van der Waals surface area contributed by atoms with Crippen molar-refractivity contribution in [2.24, 2.45) is 0 Å². The first-order valence-corrected chi connectivity index (χ1v) is 5.83. The Labute approximate surface area is 118 Å². The third-order valence-electron chi connectivity index (χ3n) is 2.51. The molecule has 2 aromatic rings. The van der Waals surface area contributed by atoms with Crippen LogP contribution >= 0.6 is 0 Å². The van der Waals surface area contributed by atoms with Gasteiger partial charge >= 0.3 is 11.8 Å².